The van der Waals surface area contributed by atoms with Crippen LogP contribution in [0.25, 0.3) is 10.9 Å². The number of nitrogens with one attached hydrogen (secondary N) is 1. The molecule has 0 bridgehead atoms. The van der Waals surface area contributed by atoms with Gasteiger partial charge < -0.3 is 4.57 Å². The van der Waals surface area contributed by atoms with Gasteiger partial charge in [-0.1, -0.05) is 18.2 Å². The Morgan fingerprint density at radius 2 is 2.15 bits per heavy atom. The summed E-state index contributed by atoms with van der Waals surface area (Å²) in [7, 11) is 0. The highest BCUT2D eigenvalue weighted by atomic mass is 16.2. The molecule has 0 atom stereocenters. The van der Waals surface area contributed by atoms with E-state index < -0.39 is 5.91 Å². The summed E-state index contributed by atoms with van der Waals surface area (Å²) in [5, 5.41) is 21.9. The lowest BCUT2D eigenvalue weighted by Gasteiger charge is -1.96. The lowest BCUT2D eigenvalue weighted by Crippen LogP contribution is -2.16. The molecule has 1 N–H and O–H groups in total. The summed E-state index contributed by atoms with van der Waals surface area (Å²) in [5.74, 6) is -0.454. The number of benzene rings is 1. The number of nitrogens with zero attached hydrogens (tertiary/aromatic N) is 4. The summed E-state index contributed by atoms with van der Waals surface area (Å²) in [4.78, 5) is 11.1. The van der Waals surface area contributed by atoms with Crippen LogP contribution in [0.5, 0.6) is 0 Å². The molecule has 0 aliphatic rings. The van der Waals surface area contributed by atoms with E-state index in [4.69, 9.17) is 10.5 Å². The van der Waals surface area contributed by atoms with Crippen molar-refractivity contribution in [3.63, 3.8) is 0 Å². The number of hydrazone groups is 1. The molecule has 2 rings (SSSR count). The Bertz CT molecular complexity index is 745. The minimum Gasteiger partial charge on any atom is -0.333 e. The van der Waals surface area contributed by atoms with E-state index in [1.54, 1.807) is 12.3 Å². The first-order valence-corrected chi connectivity index (χ1v) is 5.90. The van der Waals surface area contributed by atoms with Gasteiger partial charge in [-0.3, -0.25) is 4.79 Å². The molecule has 0 saturated carbocycles. The molecular formula is C14H11N5O. The van der Waals surface area contributed by atoms with Crippen LogP contribution in [-0.4, -0.2) is 16.7 Å². The normalized spacial score (nSPS) is 10.3. The molecule has 20 heavy (non-hydrogen) atoms. The van der Waals surface area contributed by atoms with Crippen molar-refractivity contribution in [2.24, 2.45) is 5.10 Å². The summed E-state index contributed by atoms with van der Waals surface area (Å²) in [6.45, 7) is 0.245. The number of hydrogen-bond acceptors (Lipinski definition) is 4. The maximum atomic E-state index is 11.1. The fraction of sp³-hybridized carbons (Fsp3) is 0.143. The van der Waals surface area contributed by atoms with Gasteiger partial charge in [-0.25, -0.2) is 5.43 Å². The number of hydrogen-bond donors (Lipinski definition) is 1. The molecule has 1 heterocycles. The average molecular weight is 265 g/mol. The Kier molecular flexibility index (Phi) is 4.10. The van der Waals surface area contributed by atoms with Crippen LogP contribution in [-0.2, 0) is 11.3 Å². The van der Waals surface area contributed by atoms with Gasteiger partial charge in [0.05, 0.1) is 18.4 Å². The molecule has 1 aromatic heterocycles. The number of rotatable bonds is 4. The summed E-state index contributed by atoms with van der Waals surface area (Å²) >= 11 is 0. The Morgan fingerprint density at radius 3 is 2.90 bits per heavy atom. The molecule has 0 saturated heterocycles. The van der Waals surface area contributed by atoms with Crippen molar-refractivity contribution in [2.45, 2.75) is 13.0 Å². The number of amides is 1. The second-order valence-corrected chi connectivity index (χ2v) is 4.02. The number of carbonyl (C=O) groups excluding carboxylic acids is 1. The number of para-hydroxylation sites is 1. The standard InChI is InChI=1S/C14H11N5O/c15-6-5-14(20)18-17-9-11-10-19(8-7-16)13-4-2-1-3-12(11)13/h1-4,9-10H,5,8H2,(H,18,20)/b17-9-. The highest BCUT2D eigenvalue weighted by molar-refractivity contribution is 5.99. The smallest absolute Gasteiger partial charge is 0.254 e. The van der Waals surface area contributed by atoms with Crippen molar-refractivity contribution in [3.05, 3.63) is 36.0 Å². The van der Waals surface area contributed by atoms with Crippen LogP contribution in [0.15, 0.2) is 35.6 Å². The maximum Gasteiger partial charge on any atom is 0.254 e. The number of nitriles is 2. The van der Waals surface area contributed by atoms with Crippen LogP contribution in [0.2, 0.25) is 0 Å². The third-order valence-corrected chi connectivity index (χ3v) is 2.69. The third kappa shape index (κ3) is 2.82. The maximum absolute atomic E-state index is 11.1. The molecule has 0 aliphatic carbocycles. The van der Waals surface area contributed by atoms with Gasteiger partial charge in [0.25, 0.3) is 5.91 Å². The Balaban J connectivity index is 2.27. The minimum absolute atomic E-state index is 0.229. The molecule has 6 nitrogen and oxygen atoms in total. The second kappa shape index (κ2) is 6.17. The topological polar surface area (TPSA) is 94.0 Å². The number of fused-ring (bicyclic) bond motifs is 1. The van der Waals surface area contributed by atoms with Crippen molar-refractivity contribution in [1.29, 1.82) is 10.5 Å². The highest BCUT2D eigenvalue weighted by Crippen LogP contribution is 2.19. The monoisotopic (exact) mass is 265 g/mol. The molecule has 1 amide bonds. The van der Waals surface area contributed by atoms with E-state index in [0.717, 1.165) is 16.5 Å². The number of carbonyl (C=O) groups is 1. The molecule has 0 fully saturated rings. The van der Waals surface area contributed by atoms with Crippen molar-refractivity contribution in [1.82, 2.24) is 9.99 Å². The second-order valence-electron chi connectivity index (χ2n) is 4.02. The fourth-order valence-electron chi connectivity index (χ4n) is 1.87. The number of aromatic nitrogens is 1. The summed E-state index contributed by atoms with van der Waals surface area (Å²) in [5.41, 5.74) is 4.00. The first-order valence-electron chi connectivity index (χ1n) is 5.90. The van der Waals surface area contributed by atoms with Gasteiger partial charge in [0.15, 0.2) is 0 Å². The zero-order valence-corrected chi connectivity index (χ0v) is 10.6. The van der Waals surface area contributed by atoms with Crippen LogP contribution >= 0.6 is 0 Å². The van der Waals surface area contributed by atoms with Crippen molar-refractivity contribution < 1.29 is 4.79 Å². The van der Waals surface area contributed by atoms with E-state index in [0.29, 0.717) is 0 Å². The molecule has 98 valence electrons. The van der Waals surface area contributed by atoms with Crippen molar-refractivity contribution in [3.8, 4) is 12.1 Å². The molecular weight excluding hydrogens is 254 g/mol. The molecule has 6 heteroatoms. The SMILES string of the molecule is N#CCC(=O)N/N=C\c1cn(CC#N)c2ccccc12. The van der Waals surface area contributed by atoms with Crippen LogP contribution < -0.4 is 5.43 Å². The van der Waals surface area contributed by atoms with Crippen molar-refractivity contribution in [2.75, 3.05) is 0 Å². The van der Waals surface area contributed by atoms with Crippen LogP contribution in [0.3, 0.4) is 0 Å². The largest absolute Gasteiger partial charge is 0.333 e. The highest BCUT2D eigenvalue weighted by Gasteiger charge is 2.06. The van der Waals surface area contributed by atoms with E-state index in [1.807, 2.05) is 28.8 Å². The first-order chi connectivity index (χ1) is 9.76. The zero-order chi connectivity index (χ0) is 14.4. The lowest BCUT2D eigenvalue weighted by atomic mass is 10.2. The molecule has 1 aromatic carbocycles. The van der Waals surface area contributed by atoms with Crippen molar-refractivity contribution >= 4 is 23.0 Å². The van der Waals surface area contributed by atoms with Gasteiger partial charge in [-0.15, -0.1) is 0 Å². The minimum atomic E-state index is -0.454. The molecule has 2 aromatic rings. The van der Waals surface area contributed by atoms with Crippen LogP contribution in [0.4, 0.5) is 0 Å². The third-order valence-electron chi connectivity index (χ3n) is 2.69. The predicted molar refractivity (Wildman–Crippen MR) is 73.5 cm³/mol. The van der Waals surface area contributed by atoms with Gasteiger partial charge in [0.1, 0.15) is 13.0 Å². The molecule has 0 unspecified atom stereocenters. The Hall–Kier alpha value is -3.12. The van der Waals surface area contributed by atoms with E-state index in [1.165, 1.54) is 6.21 Å². The van der Waals surface area contributed by atoms with Gasteiger partial charge in [-0.2, -0.15) is 15.6 Å². The van der Waals surface area contributed by atoms with Gasteiger partial charge in [0.2, 0.25) is 0 Å². The van der Waals surface area contributed by atoms with Gasteiger partial charge in [-0.05, 0) is 6.07 Å². The zero-order valence-electron chi connectivity index (χ0n) is 10.6. The van der Waals surface area contributed by atoms with E-state index in [9.17, 15) is 4.79 Å². The fourth-order valence-corrected chi connectivity index (χ4v) is 1.87. The van der Waals surface area contributed by atoms with E-state index in [2.05, 4.69) is 16.6 Å². The lowest BCUT2D eigenvalue weighted by molar-refractivity contribution is -0.120. The van der Waals surface area contributed by atoms with E-state index >= 15 is 0 Å². The van der Waals surface area contributed by atoms with Crippen LogP contribution in [0.1, 0.15) is 12.0 Å². The Morgan fingerprint density at radius 1 is 1.35 bits per heavy atom. The van der Waals surface area contributed by atoms with Gasteiger partial charge in [0, 0.05) is 22.7 Å². The van der Waals surface area contributed by atoms with E-state index in [-0.39, 0.29) is 13.0 Å². The van der Waals surface area contributed by atoms with Gasteiger partial charge >= 0.3 is 0 Å². The average Bonchev–Trinajstić information content (AvgIpc) is 2.79. The first kappa shape index (κ1) is 13.3. The molecule has 0 radical (unpaired) electrons. The van der Waals surface area contributed by atoms with Crippen LogP contribution in [0, 0.1) is 22.7 Å². The summed E-state index contributed by atoms with van der Waals surface area (Å²) in [6.07, 6.45) is 3.08. The molecule has 0 spiro atoms. The predicted octanol–water partition coefficient (Wildman–Crippen LogP) is 1.53. The Labute approximate surface area is 115 Å². The molecule has 0 aliphatic heterocycles. The summed E-state index contributed by atoms with van der Waals surface area (Å²) in [6, 6.07) is 11.5. The quantitative estimate of drug-likeness (QED) is 0.670. The summed E-state index contributed by atoms with van der Waals surface area (Å²) < 4.78 is 1.81.